The number of H-pyrrole nitrogens is 1. The molecular weight excluding hydrogens is 192 g/mol. The first-order valence-corrected chi connectivity index (χ1v) is 5.00. The summed E-state index contributed by atoms with van der Waals surface area (Å²) in [6, 6.07) is 0. The van der Waals surface area contributed by atoms with E-state index in [0.29, 0.717) is 11.7 Å². The smallest absolute Gasteiger partial charge is 0.218 e. The third-order valence-electron chi connectivity index (χ3n) is 2.60. The molecule has 80 valence electrons. The highest BCUT2D eigenvalue weighted by Gasteiger charge is 2.19. The van der Waals surface area contributed by atoms with Crippen LogP contribution in [0.3, 0.4) is 0 Å². The molecule has 3 N–H and O–H groups in total. The number of hydrogen-bond donors (Lipinski definition) is 3. The van der Waals surface area contributed by atoms with Gasteiger partial charge in [-0.2, -0.15) is 0 Å². The van der Waals surface area contributed by atoms with Crippen LogP contribution >= 0.6 is 0 Å². The van der Waals surface area contributed by atoms with Gasteiger partial charge in [0.15, 0.2) is 5.84 Å². The molecule has 0 spiro atoms. The second kappa shape index (κ2) is 4.31. The van der Waals surface area contributed by atoms with Crippen LogP contribution in [0.2, 0.25) is 0 Å². The molecule has 0 saturated carbocycles. The number of nitrogens with one attached hydrogen (secondary N) is 3. The highest BCUT2D eigenvalue weighted by molar-refractivity contribution is 5.95. The Morgan fingerprint density at radius 1 is 1.47 bits per heavy atom. The molecule has 2 heterocycles. The van der Waals surface area contributed by atoms with E-state index in [1.54, 1.807) is 0 Å². The zero-order valence-electron chi connectivity index (χ0n) is 8.45. The maximum atomic E-state index is 7.42. The lowest BCUT2D eigenvalue weighted by atomic mass is 9.98. The molecular formula is C9H14N6. The Kier molecular flexibility index (Phi) is 2.86. The summed E-state index contributed by atoms with van der Waals surface area (Å²) in [7, 11) is 0. The van der Waals surface area contributed by atoms with Crippen LogP contribution in [-0.4, -0.2) is 40.8 Å². The predicted octanol–water partition coefficient (Wildman–Crippen LogP) is 0.298. The fourth-order valence-corrected chi connectivity index (χ4v) is 1.73. The molecule has 0 unspecified atom stereocenters. The van der Waals surface area contributed by atoms with Crippen LogP contribution in [0.25, 0.3) is 0 Å². The van der Waals surface area contributed by atoms with Gasteiger partial charge in [-0.05, 0) is 32.6 Å². The fourth-order valence-electron chi connectivity index (χ4n) is 1.73. The molecule has 0 radical (unpaired) electrons. The molecule has 6 nitrogen and oxygen atoms in total. The van der Waals surface area contributed by atoms with E-state index < -0.39 is 0 Å². The highest BCUT2D eigenvalue weighted by atomic mass is 15.2. The molecule has 0 aliphatic carbocycles. The molecule has 2 rings (SSSR count). The molecule has 0 aromatic carbocycles. The van der Waals surface area contributed by atoms with Crippen LogP contribution in [0, 0.1) is 5.41 Å². The van der Waals surface area contributed by atoms with Crippen molar-refractivity contribution in [2.75, 3.05) is 13.1 Å². The molecule has 0 atom stereocenters. The molecule has 1 aliphatic heterocycles. The van der Waals surface area contributed by atoms with Gasteiger partial charge in [0.2, 0.25) is 5.82 Å². The van der Waals surface area contributed by atoms with Gasteiger partial charge in [0.1, 0.15) is 5.82 Å². The van der Waals surface area contributed by atoms with Crippen LogP contribution in [0.4, 0.5) is 0 Å². The summed E-state index contributed by atoms with van der Waals surface area (Å²) in [4.78, 5) is 7.75. The van der Waals surface area contributed by atoms with Gasteiger partial charge < -0.3 is 5.32 Å². The standard InChI is InChI=1S/C9H14N6/c1-11-7(10)9-13-8(14-15-9)6-2-4-12-5-3-6/h6,10,12H,1-5H2,(H,13,14,15). The SMILES string of the molecule is C=NC(=N)c1n[nH]c(C2CCNCC2)n1. The van der Waals surface area contributed by atoms with Gasteiger partial charge in [0.25, 0.3) is 0 Å². The van der Waals surface area contributed by atoms with Crippen molar-refractivity contribution in [3.63, 3.8) is 0 Å². The molecule has 1 aliphatic rings. The lowest BCUT2D eigenvalue weighted by Crippen LogP contribution is -2.27. The average Bonchev–Trinajstić information content (AvgIpc) is 2.78. The molecule has 1 aromatic heterocycles. The number of nitrogens with zero attached hydrogens (tertiary/aromatic N) is 3. The van der Waals surface area contributed by atoms with E-state index in [4.69, 9.17) is 5.41 Å². The van der Waals surface area contributed by atoms with Crippen molar-refractivity contribution in [3.05, 3.63) is 11.6 Å². The Labute approximate surface area is 87.7 Å². The van der Waals surface area contributed by atoms with Gasteiger partial charge in [0, 0.05) is 5.92 Å². The summed E-state index contributed by atoms with van der Waals surface area (Å²) in [5, 5.41) is 17.5. The molecule has 1 aromatic rings. The highest BCUT2D eigenvalue weighted by Crippen LogP contribution is 2.21. The summed E-state index contributed by atoms with van der Waals surface area (Å²) in [6.45, 7) is 5.30. The van der Waals surface area contributed by atoms with E-state index in [9.17, 15) is 0 Å². The number of hydrogen-bond acceptors (Lipinski definition) is 4. The maximum Gasteiger partial charge on any atom is 0.218 e. The summed E-state index contributed by atoms with van der Waals surface area (Å²) in [6.07, 6.45) is 2.12. The van der Waals surface area contributed by atoms with Gasteiger partial charge in [-0.1, -0.05) is 0 Å². The normalized spacial score (nSPS) is 17.6. The van der Waals surface area contributed by atoms with E-state index in [-0.39, 0.29) is 5.84 Å². The Morgan fingerprint density at radius 3 is 2.87 bits per heavy atom. The van der Waals surface area contributed by atoms with Crippen molar-refractivity contribution in [2.24, 2.45) is 4.99 Å². The number of piperidine rings is 1. The van der Waals surface area contributed by atoms with E-state index in [2.05, 4.69) is 32.2 Å². The second-order valence-electron chi connectivity index (χ2n) is 3.58. The third kappa shape index (κ3) is 2.10. The second-order valence-corrected chi connectivity index (χ2v) is 3.58. The molecule has 1 saturated heterocycles. The first-order valence-electron chi connectivity index (χ1n) is 5.00. The Balaban J connectivity index is 2.11. The number of aliphatic imine (C=N–C) groups is 1. The summed E-state index contributed by atoms with van der Waals surface area (Å²) >= 11 is 0. The summed E-state index contributed by atoms with van der Waals surface area (Å²) < 4.78 is 0. The van der Waals surface area contributed by atoms with E-state index >= 15 is 0 Å². The lowest BCUT2D eigenvalue weighted by Gasteiger charge is -2.19. The van der Waals surface area contributed by atoms with Crippen LogP contribution in [0.5, 0.6) is 0 Å². The van der Waals surface area contributed by atoms with Gasteiger partial charge in [0.05, 0.1) is 0 Å². The molecule has 15 heavy (non-hydrogen) atoms. The third-order valence-corrected chi connectivity index (χ3v) is 2.60. The zero-order chi connectivity index (χ0) is 10.7. The molecule has 6 heteroatoms. The first kappa shape index (κ1) is 9.97. The van der Waals surface area contributed by atoms with E-state index in [1.807, 2.05) is 0 Å². The largest absolute Gasteiger partial charge is 0.317 e. The minimum atomic E-state index is 0.0198. The lowest BCUT2D eigenvalue weighted by molar-refractivity contribution is 0.446. The summed E-state index contributed by atoms with van der Waals surface area (Å²) in [5.41, 5.74) is 0. The zero-order valence-corrected chi connectivity index (χ0v) is 8.45. The van der Waals surface area contributed by atoms with Crippen molar-refractivity contribution in [2.45, 2.75) is 18.8 Å². The minimum Gasteiger partial charge on any atom is -0.317 e. The number of aromatic amines is 1. The Hall–Kier alpha value is -1.56. The quantitative estimate of drug-likeness (QED) is 0.480. The van der Waals surface area contributed by atoms with E-state index in [1.165, 1.54) is 0 Å². The van der Waals surface area contributed by atoms with Gasteiger partial charge in [-0.25, -0.2) is 9.98 Å². The Morgan fingerprint density at radius 2 is 2.20 bits per heavy atom. The minimum absolute atomic E-state index is 0.0198. The van der Waals surface area contributed by atoms with Crippen LogP contribution < -0.4 is 5.32 Å². The van der Waals surface area contributed by atoms with Gasteiger partial charge in [-0.15, -0.1) is 5.10 Å². The monoisotopic (exact) mass is 206 g/mol. The van der Waals surface area contributed by atoms with E-state index in [0.717, 1.165) is 31.8 Å². The maximum absolute atomic E-state index is 7.42. The number of amidine groups is 1. The van der Waals surface area contributed by atoms with Crippen molar-refractivity contribution in [1.29, 1.82) is 5.41 Å². The van der Waals surface area contributed by atoms with Gasteiger partial charge in [-0.3, -0.25) is 10.5 Å². The first-order chi connectivity index (χ1) is 7.31. The number of rotatable bonds is 2. The van der Waals surface area contributed by atoms with Crippen LogP contribution in [0.1, 0.15) is 30.4 Å². The van der Waals surface area contributed by atoms with Gasteiger partial charge >= 0.3 is 0 Å². The van der Waals surface area contributed by atoms with Crippen molar-refractivity contribution < 1.29 is 0 Å². The number of aromatic nitrogens is 3. The average molecular weight is 206 g/mol. The summed E-state index contributed by atoms with van der Waals surface area (Å²) in [5.74, 6) is 1.63. The molecule has 1 fully saturated rings. The van der Waals surface area contributed by atoms with Crippen LogP contribution in [-0.2, 0) is 0 Å². The fraction of sp³-hybridized carbons (Fsp3) is 0.556. The van der Waals surface area contributed by atoms with Crippen molar-refractivity contribution in [3.8, 4) is 0 Å². The molecule has 0 amide bonds. The predicted molar refractivity (Wildman–Crippen MR) is 57.6 cm³/mol. The Bertz CT molecular complexity index is 362. The van der Waals surface area contributed by atoms with Crippen LogP contribution in [0.15, 0.2) is 4.99 Å². The topological polar surface area (TPSA) is 89.8 Å². The molecule has 0 bridgehead atoms. The van der Waals surface area contributed by atoms with Crippen molar-refractivity contribution in [1.82, 2.24) is 20.5 Å². The van der Waals surface area contributed by atoms with Crippen molar-refractivity contribution >= 4 is 12.6 Å².